The highest BCUT2D eigenvalue weighted by Gasteiger charge is 2.19. The fourth-order valence-electron chi connectivity index (χ4n) is 1.94. The fraction of sp³-hybridized carbons (Fsp3) is 0.200. The summed E-state index contributed by atoms with van der Waals surface area (Å²) in [5, 5.41) is 0. The number of rotatable bonds is 3. The van der Waals surface area contributed by atoms with E-state index in [0.29, 0.717) is 17.1 Å². The van der Waals surface area contributed by atoms with Crippen LogP contribution in [0.3, 0.4) is 0 Å². The average molecular weight is 272 g/mol. The lowest BCUT2D eigenvalue weighted by molar-refractivity contribution is 0.0991. The Bertz CT molecular complexity index is 692. The van der Waals surface area contributed by atoms with Crippen molar-refractivity contribution in [1.29, 1.82) is 0 Å². The first-order valence-electron chi connectivity index (χ1n) is 6.15. The molecule has 0 aliphatic rings. The van der Waals surface area contributed by atoms with Gasteiger partial charge in [-0.2, -0.15) is 0 Å². The van der Waals surface area contributed by atoms with Crippen LogP contribution in [-0.4, -0.2) is 25.0 Å². The molecule has 5 nitrogen and oxygen atoms in total. The number of methoxy groups -OCH3 is 1. The summed E-state index contributed by atoms with van der Waals surface area (Å²) in [6, 6.07) is 8.56. The summed E-state index contributed by atoms with van der Waals surface area (Å²) < 4.78 is 5.22. The summed E-state index contributed by atoms with van der Waals surface area (Å²) in [5.74, 6) is 0.197. The quantitative estimate of drug-likeness (QED) is 0.929. The molecule has 0 atom stereocenters. The summed E-state index contributed by atoms with van der Waals surface area (Å²) >= 11 is 0. The zero-order valence-electron chi connectivity index (χ0n) is 11.6. The molecule has 20 heavy (non-hydrogen) atoms. The predicted molar refractivity (Wildman–Crippen MR) is 77.5 cm³/mol. The molecule has 1 aromatic heterocycles. The minimum Gasteiger partial charge on any atom is -0.495 e. The molecule has 1 N–H and O–H groups in total. The number of pyridine rings is 1. The number of para-hydroxylation sites is 2. The van der Waals surface area contributed by atoms with Gasteiger partial charge in [0.1, 0.15) is 11.3 Å². The van der Waals surface area contributed by atoms with Crippen molar-refractivity contribution in [2.75, 3.05) is 19.1 Å². The number of aromatic nitrogens is 1. The van der Waals surface area contributed by atoms with E-state index in [0.717, 1.165) is 0 Å². The summed E-state index contributed by atoms with van der Waals surface area (Å²) in [5.41, 5.74) is 1.13. The highest BCUT2D eigenvalue weighted by molar-refractivity contribution is 6.06. The van der Waals surface area contributed by atoms with Crippen molar-refractivity contribution in [3.63, 3.8) is 0 Å². The van der Waals surface area contributed by atoms with Crippen LogP contribution in [0.4, 0.5) is 5.69 Å². The van der Waals surface area contributed by atoms with E-state index in [1.54, 1.807) is 32.2 Å². The van der Waals surface area contributed by atoms with Gasteiger partial charge in [-0.3, -0.25) is 9.59 Å². The topological polar surface area (TPSA) is 62.4 Å². The summed E-state index contributed by atoms with van der Waals surface area (Å²) in [4.78, 5) is 28.5. The van der Waals surface area contributed by atoms with Gasteiger partial charge in [-0.05, 0) is 19.1 Å². The number of anilines is 1. The van der Waals surface area contributed by atoms with Crippen LogP contribution in [0, 0.1) is 6.92 Å². The van der Waals surface area contributed by atoms with Gasteiger partial charge < -0.3 is 14.6 Å². The van der Waals surface area contributed by atoms with Crippen LogP contribution in [-0.2, 0) is 0 Å². The number of hydrogen-bond donors (Lipinski definition) is 1. The Balaban J connectivity index is 2.40. The predicted octanol–water partition coefficient (Wildman–Crippen LogP) is 1.97. The van der Waals surface area contributed by atoms with Crippen molar-refractivity contribution >= 4 is 11.6 Å². The molecule has 0 bridgehead atoms. The van der Waals surface area contributed by atoms with E-state index in [2.05, 4.69) is 4.98 Å². The molecule has 0 aliphatic heterocycles. The number of H-pyrrole nitrogens is 1. The zero-order chi connectivity index (χ0) is 14.7. The van der Waals surface area contributed by atoms with Gasteiger partial charge in [0.15, 0.2) is 5.43 Å². The van der Waals surface area contributed by atoms with E-state index in [9.17, 15) is 9.59 Å². The van der Waals surface area contributed by atoms with E-state index in [4.69, 9.17) is 4.74 Å². The highest BCUT2D eigenvalue weighted by atomic mass is 16.5. The Morgan fingerprint density at radius 2 is 2.00 bits per heavy atom. The van der Waals surface area contributed by atoms with Crippen molar-refractivity contribution in [3.05, 3.63) is 58.0 Å². The molecule has 0 unspecified atom stereocenters. The molecule has 2 aromatic rings. The molecule has 0 spiro atoms. The van der Waals surface area contributed by atoms with Crippen LogP contribution in [0.15, 0.2) is 41.3 Å². The van der Waals surface area contributed by atoms with Crippen LogP contribution in [0.5, 0.6) is 5.75 Å². The van der Waals surface area contributed by atoms with E-state index in [1.165, 1.54) is 24.3 Å². The molecule has 0 saturated carbocycles. The van der Waals surface area contributed by atoms with Crippen LogP contribution in [0.25, 0.3) is 0 Å². The van der Waals surface area contributed by atoms with Crippen molar-refractivity contribution in [1.82, 2.24) is 4.98 Å². The summed E-state index contributed by atoms with van der Waals surface area (Å²) in [6.45, 7) is 1.76. The number of hydrogen-bond acceptors (Lipinski definition) is 3. The van der Waals surface area contributed by atoms with Gasteiger partial charge in [0.2, 0.25) is 0 Å². The largest absolute Gasteiger partial charge is 0.495 e. The van der Waals surface area contributed by atoms with Crippen molar-refractivity contribution in [3.8, 4) is 5.75 Å². The molecule has 1 amide bonds. The Morgan fingerprint density at radius 1 is 1.30 bits per heavy atom. The second kappa shape index (κ2) is 5.61. The molecule has 0 saturated heterocycles. The first-order chi connectivity index (χ1) is 9.54. The smallest absolute Gasteiger partial charge is 0.263 e. The standard InChI is InChI=1S/C15H16N2O3/c1-10-8-13(18)11(9-16-10)15(19)17(2)12-6-4-5-7-14(12)20-3/h4-9H,1-3H3,(H,16,18). The Morgan fingerprint density at radius 3 is 2.65 bits per heavy atom. The lowest BCUT2D eigenvalue weighted by Crippen LogP contribution is -2.31. The molecule has 5 heteroatoms. The Kier molecular flexibility index (Phi) is 3.89. The normalized spacial score (nSPS) is 10.2. The van der Waals surface area contributed by atoms with E-state index in [1.807, 2.05) is 6.07 Å². The fourth-order valence-corrected chi connectivity index (χ4v) is 1.94. The van der Waals surface area contributed by atoms with Crippen LogP contribution in [0.2, 0.25) is 0 Å². The van der Waals surface area contributed by atoms with Gasteiger partial charge in [-0.25, -0.2) is 0 Å². The summed E-state index contributed by atoms with van der Waals surface area (Å²) in [7, 11) is 3.15. The molecule has 0 fully saturated rings. The molecule has 0 radical (unpaired) electrons. The lowest BCUT2D eigenvalue weighted by Gasteiger charge is -2.19. The number of aryl methyl sites for hydroxylation is 1. The molecular formula is C15H16N2O3. The SMILES string of the molecule is COc1ccccc1N(C)C(=O)c1c[nH]c(C)cc1=O. The van der Waals surface area contributed by atoms with Crippen LogP contribution in [0.1, 0.15) is 16.1 Å². The first kappa shape index (κ1) is 13.9. The van der Waals surface area contributed by atoms with Gasteiger partial charge in [-0.15, -0.1) is 0 Å². The monoisotopic (exact) mass is 272 g/mol. The third-order valence-electron chi connectivity index (χ3n) is 3.04. The third-order valence-corrected chi connectivity index (χ3v) is 3.04. The second-order valence-corrected chi connectivity index (χ2v) is 4.43. The lowest BCUT2D eigenvalue weighted by atomic mass is 10.2. The number of ether oxygens (including phenoxy) is 1. The molecule has 104 valence electrons. The van der Waals surface area contributed by atoms with Crippen LogP contribution >= 0.6 is 0 Å². The van der Waals surface area contributed by atoms with Crippen molar-refractivity contribution < 1.29 is 9.53 Å². The van der Waals surface area contributed by atoms with Crippen LogP contribution < -0.4 is 15.1 Å². The van der Waals surface area contributed by atoms with Gasteiger partial charge in [0, 0.05) is 25.0 Å². The highest BCUT2D eigenvalue weighted by Crippen LogP contribution is 2.27. The van der Waals surface area contributed by atoms with E-state index in [-0.39, 0.29) is 16.9 Å². The third kappa shape index (κ3) is 2.56. The van der Waals surface area contributed by atoms with Gasteiger partial charge in [0.25, 0.3) is 5.91 Å². The Hall–Kier alpha value is -2.56. The zero-order valence-corrected chi connectivity index (χ0v) is 11.6. The number of amides is 1. The maximum Gasteiger partial charge on any atom is 0.263 e. The molecule has 2 rings (SSSR count). The Labute approximate surface area is 116 Å². The number of carbonyl (C=O) groups excluding carboxylic acids is 1. The number of aromatic amines is 1. The minimum absolute atomic E-state index is 0.101. The van der Waals surface area contributed by atoms with Crippen molar-refractivity contribution in [2.45, 2.75) is 6.92 Å². The number of benzene rings is 1. The van der Waals surface area contributed by atoms with Gasteiger partial charge in [-0.1, -0.05) is 12.1 Å². The van der Waals surface area contributed by atoms with E-state index >= 15 is 0 Å². The number of nitrogens with one attached hydrogen (secondary N) is 1. The van der Waals surface area contributed by atoms with Gasteiger partial charge in [0.05, 0.1) is 12.8 Å². The maximum atomic E-state index is 12.4. The number of nitrogens with zero attached hydrogens (tertiary/aromatic N) is 1. The van der Waals surface area contributed by atoms with Gasteiger partial charge >= 0.3 is 0 Å². The summed E-state index contributed by atoms with van der Waals surface area (Å²) in [6.07, 6.45) is 1.44. The minimum atomic E-state index is -0.379. The molecular weight excluding hydrogens is 256 g/mol. The van der Waals surface area contributed by atoms with E-state index < -0.39 is 0 Å². The average Bonchev–Trinajstić information content (AvgIpc) is 2.45. The molecule has 0 aliphatic carbocycles. The molecule has 1 heterocycles. The maximum absolute atomic E-state index is 12.4. The molecule has 1 aromatic carbocycles. The second-order valence-electron chi connectivity index (χ2n) is 4.43. The first-order valence-corrected chi connectivity index (χ1v) is 6.15. The number of carbonyl (C=O) groups is 1. The van der Waals surface area contributed by atoms with Crippen molar-refractivity contribution in [2.24, 2.45) is 0 Å².